The van der Waals surface area contributed by atoms with Gasteiger partial charge in [-0.1, -0.05) is 32.9 Å². The van der Waals surface area contributed by atoms with E-state index < -0.39 is 21.2 Å². The Morgan fingerprint density at radius 2 is 1.60 bits per heavy atom. The smallest absolute Gasteiger partial charge is 0.339 e. The number of rotatable bonds is 3. The van der Waals surface area contributed by atoms with E-state index in [0.717, 1.165) is 6.26 Å². The van der Waals surface area contributed by atoms with E-state index in [1.165, 1.54) is 12.1 Å². The van der Waals surface area contributed by atoms with Gasteiger partial charge in [0.1, 0.15) is 11.3 Å². The number of phenols is 1. The predicted octanol–water partition coefficient (Wildman–Crippen LogP) is 3.77. The highest BCUT2D eigenvalue weighted by Crippen LogP contribution is 2.40. The molecule has 0 aliphatic heterocycles. The molecule has 25 heavy (non-hydrogen) atoms. The Hall–Kier alpha value is -2.34. The van der Waals surface area contributed by atoms with Gasteiger partial charge in [-0.05, 0) is 47.2 Å². The summed E-state index contributed by atoms with van der Waals surface area (Å²) in [5.74, 6) is -1.43. The van der Waals surface area contributed by atoms with E-state index in [0.29, 0.717) is 22.3 Å². The molecule has 2 rings (SSSR count). The molecule has 0 atom stereocenters. The van der Waals surface area contributed by atoms with Crippen LogP contribution >= 0.6 is 0 Å². The van der Waals surface area contributed by atoms with Crippen LogP contribution in [0.3, 0.4) is 0 Å². The van der Waals surface area contributed by atoms with Gasteiger partial charge in [-0.15, -0.1) is 0 Å². The zero-order valence-electron chi connectivity index (χ0n) is 14.9. The number of carboxylic acid groups (broad SMARTS) is 1. The van der Waals surface area contributed by atoms with E-state index in [1.807, 2.05) is 20.8 Å². The second-order valence-electron chi connectivity index (χ2n) is 7.17. The monoisotopic (exact) mass is 362 g/mol. The Balaban J connectivity index is 2.77. The molecule has 0 bridgehead atoms. The first-order valence-electron chi connectivity index (χ1n) is 7.75. The predicted molar refractivity (Wildman–Crippen MR) is 97.0 cm³/mol. The molecule has 0 aliphatic carbocycles. The summed E-state index contributed by atoms with van der Waals surface area (Å²) in [5, 5.41) is 20.0. The van der Waals surface area contributed by atoms with Crippen molar-refractivity contribution in [3.63, 3.8) is 0 Å². The molecule has 0 aliphatic rings. The van der Waals surface area contributed by atoms with Crippen LogP contribution in [0.25, 0.3) is 11.1 Å². The van der Waals surface area contributed by atoms with Crippen LogP contribution in [0.4, 0.5) is 0 Å². The molecule has 2 aromatic carbocycles. The molecule has 0 saturated carbocycles. The molecule has 0 spiro atoms. The summed E-state index contributed by atoms with van der Waals surface area (Å²) in [7, 11) is -3.31. The van der Waals surface area contributed by atoms with Gasteiger partial charge in [-0.25, -0.2) is 13.2 Å². The Morgan fingerprint density at radius 1 is 1.08 bits per heavy atom. The molecule has 0 aromatic heterocycles. The fraction of sp³-hybridized carbons (Fsp3) is 0.316. The van der Waals surface area contributed by atoms with E-state index in [4.69, 9.17) is 0 Å². The average Bonchev–Trinajstić information content (AvgIpc) is 2.45. The Bertz CT molecular complexity index is 933. The molecule has 6 heteroatoms. The zero-order valence-corrected chi connectivity index (χ0v) is 15.7. The van der Waals surface area contributed by atoms with Crippen molar-refractivity contribution in [1.82, 2.24) is 0 Å². The molecule has 2 N–H and O–H groups in total. The number of benzene rings is 2. The van der Waals surface area contributed by atoms with Crippen LogP contribution in [-0.4, -0.2) is 30.9 Å². The number of hydrogen-bond donors (Lipinski definition) is 2. The normalized spacial score (nSPS) is 12.2. The van der Waals surface area contributed by atoms with E-state index in [9.17, 15) is 23.4 Å². The molecule has 0 fully saturated rings. The quantitative estimate of drug-likeness (QED) is 0.867. The summed E-state index contributed by atoms with van der Waals surface area (Å²) in [5.41, 5.74) is 1.72. The van der Waals surface area contributed by atoms with Crippen LogP contribution in [-0.2, 0) is 15.3 Å². The molecular weight excluding hydrogens is 340 g/mol. The number of hydrogen-bond acceptors (Lipinski definition) is 4. The number of sulfone groups is 1. The largest absolute Gasteiger partial charge is 0.507 e. The van der Waals surface area contributed by atoms with Gasteiger partial charge in [0.25, 0.3) is 0 Å². The highest BCUT2D eigenvalue weighted by molar-refractivity contribution is 7.90. The highest BCUT2D eigenvalue weighted by Gasteiger charge is 2.27. The van der Waals surface area contributed by atoms with Crippen LogP contribution in [0.2, 0.25) is 0 Å². The summed E-state index contributed by atoms with van der Waals surface area (Å²) in [6.07, 6.45) is 1.13. The standard InChI is InChI=1S/C19H22O5S/c1-11-14(12-6-8-13(9-7-12)25(5,23)24)10-15(19(2,3)4)17(20)16(11)18(21)22/h6-10,20H,1-5H3,(H,21,22). The van der Waals surface area contributed by atoms with Gasteiger partial charge in [0, 0.05) is 11.8 Å². The lowest BCUT2D eigenvalue weighted by Crippen LogP contribution is -2.15. The zero-order chi connectivity index (χ0) is 19.2. The van der Waals surface area contributed by atoms with Crippen molar-refractivity contribution in [2.75, 3.05) is 6.26 Å². The van der Waals surface area contributed by atoms with E-state index in [-0.39, 0.29) is 16.2 Å². The van der Waals surface area contributed by atoms with Gasteiger partial charge in [0.05, 0.1) is 4.90 Å². The number of carbonyl (C=O) groups is 1. The first kappa shape index (κ1) is 19.0. The first-order chi connectivity index (χ1) is 11.3. The minimum Gasteiger partial charge on any atom is -0.507 e. The summed E-state index contributed by atoms with van der Waals surface area (Å²) in [6.45, 7) is 7.30. The molecule has 5 nitrogen and oxygen atoms in total. The van der Waals surface area contributed by atoms with E-state index in [1.54, 1.807) is 25.1 Å². The maximum absolute atomic E-state index is 11.7. The minimum absolute atomic E-state index is 0.130. The minimum atomic E-state index is -3.31. The topological polar surface area (TPSA) is 91.7 Å². The summed E-state index contributed by atoms with van der Waals surface area (Å²) >= 11 is 0. The third kappa shape index (κ3) is 3.69. The van der Waals surface area contributed by atoms with Gasteiger partial charge in [-0.2, -0.15) is 0 Å². The van der Waals surface area contributed by atoms with Crippen molar-refractivity contribution in [1.29, 1.82) is 0 Å². The molecule has 0 unspecified atom stereocenters. The van der Waals surface area contributed by atoms with Gasteiger partial charge in [0.15, 0.2) is 9.84 Å². The fourth-order valence-corrected chi connectivity index (χ4v) is 3.41. The summed E-state index contributed by atoms with van der Waals surface area (Å²) in [4.78, 5) is 11.8. The Labute approximate surface area is 147 Å². The number of carboxylic acids is 1. The van der Waals surface area contributed by atoms with Crippen molar-refractivity contribution < 1.29 is 23.4 Å². The van der Waals surface area contributed by atoms with Crippen LogP contribution in [0.1, 0.15) is 42.3 Å². The molecule has 0 amide bonds. The Morgan fingerprint density at radius 3 is 2.00 bits per heavy atom. The van der Waals surface area contributed by atoms with Gasteiger partial charge in [0.2, 0.25) is 0 Å². The molecule has 134 valence electrons. The van der Waals surface area contributed by atoms with Crippen molar-refractivity contribution in [3.8, 4) is 16.9 Å². The lowest BCUT2D eigenvalue weighted by molar-refractivity contribution is 0.0692. The molecule has 0 saturated heterocycles. The average molecular weight is 362 g/mol. The van der Waals surface area contributed by atoms with E-state index >= 15 is 0 Å². The lowest BCUT2D eigenvalue weighted by Gasteiger charge is -2.24. The number of aromatic hydroxyl groups is 1. The maximum atomic E-state index is 11.7. The second kappa shape index (κ2) is 6.19. The van der Waals surface area contributed by atoms with Gasteiger partial charge >= 0.3 is 5.97 Å². The molecule has 0 radical (unpaired) electrons. The summed E-state index contributed by atoms with van der Waals surface area (Å²) < 4.78 is 23.2. The first-order valence-corrected chi connectivity index (χ1v) is 9.64. The van der Waals surface area contributed by atoms with Crippen molar-refractivity contribution in [2.45, 2.75) is 38.0 Å². The van der Waals surface area contributed by atoms with E-state index in [2.05, 4.69) is 0 Å². The van der Waals surface area contributed by atoms with Crippen LogP contribution < -0.4 is 0 Å². The van der Waals surface area contributed by atoms with Crippen LogP contribution in [0.15, 0.2) is 35.2 Å². The summed E-state index contributed by atoms with van der Waals surface area (Å²) in [6, 6.07) is 8.05. The van der Waals surface area contributed by atoms with Crippen molar-refractivity contribution >= 4 is 15.8 Å². The maximum Gasteiger partial charge on any atom is 0.339 e. The molecule has 0 heterocycles. The SMILES string of the molecule is Cc1c(-c2ccc(S(C)(=O)=O)cc2)cc(C(C)(C)C)c(O)c1C(=O)O. The Kier molecular flexibility index (Phi) is 4.70. The van der Waals surface area contributed by atoms with Crippen molar-refractivity contribution in [2.24, 2.45) is 0 Å². The van der Waals surface area contributed by atoms with Crippen LogP contribution in [0.5, 0.6) is 5.75 Å². The highest BCUT2D eigenvalue weighted by atomic mass is 32.2. The lowest BCUT2D eigenvalue weighted by atomic mass is 9.81. The third-order valence-corrected chi connectivity index (χ3v) is 5.30. The second-order valence-corrected chi connectivity index (χ2v) is 9.19. The van der Waals surface area contributed by atoms with Crippen molar-refractivity contribution in [3.05, 3.63) is 47.0 Å². The molecular formula is C19H22O5S. The van der Waals surface area contributed by atoms with Gasteiger partial charge < -0.3 is 10.2 Å². The fourth-order valence-electron chi connectivity index (χ4n) is 2.78. The van der Waals surface area contributed by atoms with Gasteiger partial charge in [-0.3, -0.25) is 0 Å². The molecule has 2 aromatic rings. The number of aromatic carboxylic acids is 1. The third-order valence-electron chi connectivity index (χ3n) is 4.17. The van der Waals surface area contributed by atoms with Crippen LogP contribution in [0, 0.1) is 6.92 Å².